The molecule has 6 heteroatoms. The second-order valence-electron chi connectivity index (χ2n) is 4.95. The molecule has 1 amide bonds. The van der Waals surface area contributed by atoms with Gasteiger partial charge in [0.05, 0.1) is 12.1 Å². The lowest BCUT2D eigenvalue weighted by Crippen LogP contribution is -2.47. The Morgan fingerprint density at radius 2 is 1.77 bits per heavy atom. The molecule has 0 fully saturated rings. The van der Waals surface area contributed by atoms with E-state index in [-0.39, 0.29) is 37.3 Å². The number of aromatic nitrogens is 1. The Balaban J connectivity index is 0.00000220. The van der Waals surface area contributed by atoms with E-state index in [9.17, 15) is 4.79 Å². The first kappa shape index (κ1) is 20.4. The Hall–Kier alpha value is -1.62. The molecule has 1 unspecified atom stereocenters. The number of amides is 1. The van der Waals surface area contributed by atoms with Crippen LogP contribution in [-0.4, -0.2) is 17.4 Å². The fourth-order valence-corrected chi connectivity index (χ4v) is 2.25. The number of nitrogens with zero attached hydrogens (tertiary/aromatic N) is 1. The zero-order chi connectivity index (χ0) is 14.4. The number of nitrogens with two attached hydrogens (primary N) is 1. The molecule has 1 aromatic carbocycles. The molecular formula is C16H21Cl2N3O. The third-order valence-electron chi connectivity index (χ3n) is 3.27. The number of carbonyl (C=O) groups excluding carboxylic acids is 1. The summed E-state index contributed by atoms with van der Waals surface area (Å²) in [5.41, 5.74) is 6.86. The van der Waals surface area contributed by atoms with Gasteiger partial charge in [-0.15, -0.1) is 24.8 Å². The second kappa shape index (κ2) is 9.41. The Morgan fingerprint density at radius 1 is 1.14 bits per heavy atom. The van der Waals surface area contributed by atoms with E-state index in [0.29, 0.717) is 6.42 Å². The van der Waals surface area contributed by atoms with E-state index in [0.717, 1.165) is 11.3 Å². The normalized spacial score (nSPS) is 12.3. The van der Waals surface area contributed by atoms with Gasteiger partial charge in [-0.25, -0.2) is 0 Å². The molecule has 0 aliphatic carbocycles. The molecule has 1 heterocycles. The van der Waals surface area contributed by atoms with E-state index in [1.165, 1.54) is 0 Å². The van der Waals surface area contributed by atoms with Gasteiger partial charge in [0.25, 0.3) is 0 Å². The zero-order valence-corrected chi connectivity index (χ0v) is 14.0. The minimum absolute atomic E-state index is 0. The minimum Gasteiger partial charge on any atom is -0.345 e. The molecular weight excluding hydrogens is 321 g/mol. The van der Waals surface area contributed by atoms with Gasteiger partial charge in [0.1, 0.15) is 0 Å². The van der Waals surface area contributed by atoms with E-state index >= 15 is 0 Å². The predicted octanol–water partition coefficient (Wildman–Crippen LogP) is 2.46. The van der Waals surface area contributed by atoms with Crippen molar-refractivity contribution in [1.82, 2.24) is 10.3 Å². The lowest BCUT2D eigenvalue weighted by atomic mass is 9.87. The number of pyridine rings is 1. The molecule has 1 aromatic heterocycles. The zero-order valence-electron chi connectivity index (χ0n) is 12.4. The first-order valence-electron chi connectivity index (χ1n) is 6.60. The SMILES string of the molecule is CC(Cc1ccccn1)(NC(=O)CN)c1ccccc1.Cl.Cl. The Labute approximate surface area is 143 Å². The molecule has 0 bridgehead atoms. The highest BCUT2D eigenvalue weighted by atomic mass is 35.5. The standard InChI is InChI=1S/C16H19N3O.2ClH/c1-16(19-15(20)12-17,13-7-3-2-4-8-13)11-14-9-5-6-10-18-14;;/h2-10H,11-12,17H2,1H3,(H,19,20);2*1H. The van der Waals surface area contributed by atoms with Crippen LogP contribution in [0, 0.1) is 0 Å². The van der Waals surface area contributed by atoms with Gasteiger partial charge in [-0.3, -0.25) is 9.78 Å². The van der Waals surface area contributed by atoms with Crippen LogP contribution in [0.1, 0.15) is 18.2 Å². The Kier molecular flexibility index (Phi) is 8.72. The number of nitrogens with one attached hydrogen (secondary N) is 1. The van der Waals surface area contributed by atoms with Crippen LogP contribution in [0.2, 0.25) is 0 Å². The average Bonchev–Trinajstić information content (AvgIpc) is 2.49. The van der Waals surface area contributed by atoms with Crippen molar-refractivity contribution in [3.8, 4) is 0 Å². The molecule has 0 aliphatic rings. The van der Waals surface area contributed by atoms with Crippen LogP contribution < -0.4 is 11.1 Å². The van der Waals surface area contributed by atoms with Crippen LogP contribution in [0.5, 0.6) is 0 Å². The van der Waals surface area contributed by atoms with Crippen molar-refractivity contribution in [3.05, 3.63) is 66.0 Å². The van der Waals surface area contributed by atoms with Gasteiger partial charge in [0.15, 0.2) is 0 Å². The first-order chi connectivity index (χ1) is 9.64. The molecule has 0 saturated heterocycles. The van der Waals surface area contributed by atoms with Crippen LogP contribution in [0.25, 0.3) is 0 Å². The molecule has 0 spiro atoms. The fourth-order valence-electron chi connectivity index (χ4n) is 2.25. The molecule has 3 N–H and O–H groups in total. The van der Waals surface area contributed by atoms with E-state index < -0.39 is 5.54 Å². The van der Waals surface area contributed by atoms with Gasteiger partial charge < -0.3 is 11.1 Å². The van der Waals surface area contributed by atoms with Gasteiger partial charge in [0, 0.05) is 18.3 Å². The first-order valence-corrected chi connectivity index (χ1v) is 6.60. The van der Waals surface area contributed by atoms with Crippen molar-refractivity contribution in [2.24, 2.45) is 5.73 Å². The van der Waals surface area contributed by atoms with E-state index in [1.54, 1.807) is 6.20 Å². The summed E-state index contributed by atoms with van der Waals surface area (Å²) in [6.45, 7) is 1.97. The van der Waals surface area contributed by atoms with Crippen LogP contribution in [0.4, 0.5) is 0 Å². The van der Waals surface area contributed by atoms with Crippen LogP contribution in [0.3, 0.4) is 0 Å². The number of benzene rings is 1. The van der Waals surface area contributed by atoms with E-state index in [4.69, 9.17) is 5.73 Å². The number of hydrogen-bond donors (Lipinski definition) is 2. The van der Waals surface area contributed by atoms with E-state index in [2.05, 4.69) is 10.3 Å². The molecule has 0 saturated carbocycles. The molecule has 2 aromatic rings. The smallest absolute Gasteiger partial charge is 0.234 e. The fraction of sp³-hybridized carbons (Fsp3) is 0.250. The molecule has 1 atom stereocenters. The van der Waals surface area contributed by atoms with Crippen molar-refractivity contribution in [1.29, 1.82) is 0 Å². The van der Waals surface area contributed by atoms with Crippen molar-refractivity contribution >= 4 is 30.7 Å². The lowest BCUT2D eigenvalue weighted by molar-refractivity contribution is -0.121. The molecule has 0 aliphatic heterocycles. The van der Waals surface area contributed by atoms with Crippen molar-refractivity contribution in [3.63, 3.8) is 0 Å². The summed E-state index contributed by atoms with van der Waals surface area (Å²) >= 11 is 0. The third kappa shape index (κ3) is 5.30. The molecule has 0 radical (unpaired) electrons. The van der Waals surface area contributed by atoms with Crippen molar-refractivity contribution in [2.45, 2.75) is 18.9 Å². The number of halogens is 2. The molecule has 22 heavy (non-hydrogen) atoms. The topological polar surface area (TPSA) is 68.0 Å². The quantitative estimate of drug-likeness (QED) is 0.877. The summed E-state index contributed by atoms with van der Waals surface area (Å²) in [6.07, 6.45) is 2.37. The average molecular weight is 342 g/mol. The van der Waals surface area contributed by atoms with E-state index in [1.807, 2.05) is 55.5 Å². The van der Waals surface area contributed by atoms with Gasteiger partial charge in [-0.05, 0) is 24.6 Å². The maximum Gasteiger partial charge on any atom is 0.234 e. The summed E-state index contributed by atoms with van der Waals surface area (Å²) in [5.74, 6) is -0.174. The number of hydrogen-bond acceptors (Lipinski definition) is 3. The Morgan fingerprint density at radius 3 is 2.32 bits per heavy atom. The summed E-state index contributed by atoms with van der Waals surface area (Å²) in [7, 11) is 0. The monoisotopic (exact) mass is 341 g/mol. The van der Waals surface area contributed by atoms with Gasteiger partial charge in [0.2, 0.25) is 5.91 Å². The summed E-state index contributed by atoms with van der Waals surface area (Å²) in [6, 6.07) is 15.6. The van der Waals surface area contributed by atoms with Gasteiger partial charge >= 0.3 is 0 Å². The Bertz CT molecular complexity index is 566. The van der Waals surface area contributed by atoms with Crippen LogP contribution >= 0.6 is 24.8 Å². The lowest BCUT2D eigenvalue weighted by Gasteiger charge is -2.31. The summed E-state index contributed by atoms with van der Waals surface area (Å²) in [5, 5.41) is 3.00. The molecule has 2 rings (SSSR count). The van der Waals surface area contributed by atoms with Gasteiger partial charge in [-0.1, -0.05) is 36.4 Å². The number of rotatable bonds is 5. The molecule has 4 nitrogen and oxygen atoms in total. The van der Waals surface area contributed by atoms with Gasteiger partial charge in [-0.2, -0.15) is 0 Å². The molecule has 120 valence electrons. The maximum atomic E-state index is 11.7. The largest absolute Gasteiger partial charge is 0.345 e. The highest BCUT2D eigenvalue weighted by Gasteiger charge is 2.28. The maximum absolute atomic E-state index is 11.7. The third-order valence-corrected chi connectivity index (χ3v) is 3.27. The predicted molar refractivity (Wildman–Crippen MR) is 93.4 cm³/mol. The minimum atomic E-state index is -0.522. The van der Waals surface area contributed by atoms with Crippen LogP contribution in [0.15, 0.2) is 54.7 Å². The van der Waals surface area contributed by atoms with Crippen LogP contribution in [-0.2, 0) is 16.8 Å². The van der Waals surface area contributed by atoms with Crippen molar-refractivity contribution < 1.29 is 4.79 Å². The highest BCUT2D eigenvalue weighted by molar-refractivity contribution is 5.85. The summed E-state index contributed by atoms with van der Waals surface area (Å²) in [4.78, 5) is 16.1. The highest BCUT2D eigenvalue weighted by Crippen LogP contribution is 2.24. The summed E-state index contributed by atoms with van der Waals surface area (Å²) < 4.78 is 0. The van der Waals surface area contributed by atoms with Crippen molar-refractivity contribution in [2.75, 3.05) is 6.54 Å². The number of carbonyl (C=O) groups is 1. The second-order valence-corrected chi connectivity index (χ2v) is 4.95.